The van der Waals surface area contributed by atoms with Crippen LogP contribution >= 0.6 is 12.2 Å². The van der Waals surface area contributed by atoms with Crippen molar-refractivity contribution in [2.45, 2.75) is 25.7 Å². The van der Waals surface area contributed by atoms with Gasteiger partial charge < -0.3 is 0 Å². The number of amidine groups is 1. The summed E-state index contributed by atoms with van der Waals surface area (Å²) in [6, 6.07) is 8.75. The SMILES string of the molecule is c1ccc2c(c1)CCC(CC1=NOSN1)C2. The molecule has 1 unspecified atom stereocenters. The van der Waals surface area contributed by atoms with E-state index in [1.165, 1.54) is 42.6 Å². The normalized spacial score (nSPS) is 23.0. The van der Waals surface area contributed by atoms with Crippen LogP contribution in [0.15, 0.2) is 29.4 Å². The lowest BCUT2D eigenvalue weighted by Gasteiger charge is -2.23. The molecule has 84 valence electrons. The van der Waals surface area contributed by atoms with Gasteiger partial charge in [-0.2, -0.15) is 0 Å². The molecule has 0 fully saturated rings. The van der Waals surface area contributed by atoms with Crippen LogP contribution in [0.1, 0.15) is 24.0 Å². The number of fused-ring (bicyclic) bond motifs is 1. The Morgan fingerprint density at radius 3 is 3.06 bits per heavy atom. The fourth-order valence-corrected chi connectivity index (χ4v) is 2.83. The average Bonchev–Trinajstić information content (AvgIpc) is 2.82. The Morgan fingerprint density at radius 2 is 2.25 bits per heavy atom. The van der Waals surface area contributed by atoms with Crippen LogP contribution in [-0.4, -0.2) is 5.84 Å². The zero-order chi connectivity index (χ0) is 10.8. The zero-order valence-corrected chi connectivity index (χ0v) is 9.80. The quantitative estimate of drug-likeness (QED) is 0.631. The van der Waals surface area contributed by atoms with Crippen LogP contribution in [0, 0.1) is 5.92 Å². The number of nitrogens with one attached hydrogen (secondary N) is 1. The predicted molar refractivity (Wildman–Crippen MR) is 65.8 cm³/mol. The molecule has 1 aromatic carbocycles. The minimum Gasteiger partial charge on any atom is -0.297 e. The van der Waals surface area contributed by atoms with Crippen molar-refractivity contribution in [1.82, 2.24) is 4.72 Å². The highest BCUT2D eigenvalue weighted by atomic mass is 32.2. The second kappa shape index (κ2) is 4.37. The molecule has 1 aliphatic carbocycles. The van der Waals surface area contributed by atoms with Gasteiger partial charge in [0.1, 0.15) is 0 Å². The van der Waals surface area contributed by atoms with Crippen LogP contribution in [0.25, 0.3) is 0 Å². The van der Waals surface area contributed by atoms with Crippen molar-refractivity contribution in [2.75, 3.05) is 0 Å². The van der Waals surface area contributed by atoms with Crippen LogP contribution in [0.4, 0.5) is 0 Å². The number of benzene rings is 1. The zero-order valence-electron chi connectivity index (χ0n) is 8.98. The summed E-state index contributed by atoms with van der Waals surface area (Å²) in [5.74, 6) is 1.68. The van der Waals surface area contributed by atoms with E-state index in [4.69, 9.17) is 4.28 Å². The van der Waals surface area contributed by atoms with E-state index >= 15 is 0 Å². The Kier molecular flexibility index (Phi) is 2.74. The Balaban J connectivity index is 1.68. The van der Waals surface area contributed by atoms with Gasteiger partial charge in [-0.1, -0.05) is 29.4 Å². The van der Waals surface area contributed by atoms with Crippen molar-refractivity contribution >= 4 is 18.1 Å². The summed E-state index contributed by atoms with van der Waals surface area (Å²) < 4.78 is 7.93. The van der Waals surface area contributed by atoms with Gasteiger partial charge in [-0.05, 0) is 36.3 Å². The number of nitrogens with zero attached hydrogens (tertiary/aromatic N) is 1. The number of oxime groups is 1. The van der Waals surface area contributed by atoms with Gasteiger partial charge in [0, 0.05) is 6.42 Å². The summed E-state index contributed by atoms with van der Waals surface area (Å²) in [5, 5.41) is 3.95. The van der Waals surface area contributed by atoms with Gasteiger partial charge in [0.25, 0.3) is 0 Å². The third kappa shape index (κ3) is 2.02. The van der Waals surface area contributed by atoms with Gasteiger partial charge in [-0.15, -0.1) is 0 Å². The first-order valence-corrected chi connectivity index (χ1v) is 6.38. The first kappa shape index (κ1) is 10.0. The van der Waals surface area contributed by atoms with E-state index in [9.17, 15) is 0 Å². The summed E-state index contributed by atoms with van der Waals surface area (Å²) in [5.41, 5.74) is 3.02. The van der Waals surface area contributed by atoms with Crippen molar-refractivity contribution < 1.29 is 4.28 Å². The van der Waals surface area contributed by atoms with Gasteiger partial charge in [0.2, 0.25) is 12.2 Å². The summed E-state index contributed by atoms with van der Waals surface area (Å²) in [6.07, 6.45) is 4.62. The molecule has 0 spiro atoms. The maximum atomic E-state index is 4.86. The van der Waals surface area contributed by atoms with E-state index in [0.717, 1.165) is 12.3 Å². The fraction of sp³-hybridized carbons (Fsp3) is 0.417. The molecule has 1 N–H and O–H groups in total. The maximum Gasteiger partial charge on any atom is 0.208 e. The van der Waals surface area contributed by atoms with Crippen LogP contribution in [0.5, 0.6) is 0 Å². The van der Waals surface area contributed by atoms with Gasteiger partial charge in [0.15, 0.2) is 5.84 Å². The number of hydrogen-bond acceptors (Lipinski definition) is 4. The predicted octanol–water partition coefficient (Wildman–Crippen LogP) is 2.68. The molecule has 4 heteroatoms. The minimum absolute atomic E-state index is 0.698. The van der Waals surface area contributed by atoms with Crippen LogP contribution < -0.4 is 4.72 Å². The molecule has 16 heavy (non-hydrogen) atoms. The van der Waals surface area contributed by atoms with Crippen LogP contribution in [-0.2, 0) is 17.1 Å². The second-order valence-electron chi connectivity index (χ2n) is 4.38. The highest BCUT2D eigenvalue weighted by Crippen LogP contribution is 2.28. The molecule has 1 aromatic rings. The van der Waals surface area contributed by atoms with E-state index < -0.39 is 0 Å². The molecule has 3 rings (SSSR count). The Labute approximate surface area is 99.6 Å². The lowest BCUT2D eigenvalue weighted by molar-refractivity contribution is 0.409. The first-order valence-electron chi connectivity index (χ1n) is 5.64. The van der Waals surface area contributed by atoms with Gasteiger partial charge in [-0.3, -0.25) is 9.01 Å². The van der Waals surface area contributed by atoms with Crippen molar-refractivity contribution in [1.29, 1.82) is 0 Å². The van der Waals surface area contributed by atoms with Crippen molar-refractivity contribution in [3.63, 3.8) is 0 Å². The van der Waals surface area contributed by atoms with Crippen LogP contribution in [0.2, 0.25) is 0 Å². The summed E-state index contributed by atoms with van der Waals surface area (Å²) in [6.45, 7) is 0. The van der Waals surface area contributed by atoms with Gasteiger partial charge in [-0.25, -0.2) is 0 Å². The standard InChI is InChI=1S/C12H14N2OS/c1-2-4-11-7-9(5-6-10(11)3-1)8-12-13-15-16-14-12/h1-4,9H,5-8H2,(H,13,14). The lowest BCUT2D eigenvalue weighted by Crippen LogP contribution is -2.21. The molecule has 0 aromatic heterocycles. The monoisotopic (exact) mass is 234 g/mol. The third-order valence-electron chi connectivity index (χ3n) is 3.28. The highest BCUT2D eigenvalue weighted by Gasteiger charge is 2.21. The molecule has 0 amide bonds. The fourth-order valence-electron chi connectivity index (χ4n) is 2.45. The molecule has 2 aliphatic rings. The molecule has 3 nitrogen and oxygen atoms in total. The van der Waals surface area contributed by atoms with Crippen molar-refractivity contribution in [3.05, 3.63) is 35.4 Å². The number of hydrogen-bond donors (Lipinski definition) is 1. The van der Waals surface area contributed by atoms with E-state index in [-0.39, 0.29) is 0 Å². The van der Waals surface area contributed by atoms with E-state index in [0.29, 0.717) is 5.92 Å². The third-order valence-corrected chi connectivity index (χ3v) is 3.74. The van der Waals surface area contributed by atoms with E-state index in [1.54, 1.807) is 0 Å². The molecule has 1 atom stereocenters. The molecule has 1 aliphatic heterocycles. The highest BCUT2D eigenvalue weighted by molar-refractivity contribution is 7.93. The number of aryl methyl sites for hydroxylation is 1. The first-order chi connectivity index (χ1) is 7.92. The molecule has 0 radical (unpaired) electrons. The summed E-state index contributed by atoms with van der Waals surface area (Å²) in [4.78, 5) is 0. The van der Waals surface area contributed by atoms with Gasteiger partial charge in [0.05, 0.1) is 0 Å². The number of rotatable bonds is 2. The van der Waals surface area contributed by atoms with Crippen LogP contribution in [0.3, 0.4) is 0 Å². The Bertz CT molecular complexity index is 419. The van der Waals surface area contributed by atoms with Gasteiger partial charge >= 0.3 is 0 Å². The average molecular weight is 234 g/mol. The molecule has 0 bridgehead atoms. The van der Waals surface area contributed by atoms with Crippen molar-refractivity contribution in [2.24, 2.45) is 11.1 Å². The molecule has 0 saturated carbocycles. The lowest BCUT2D eigenvalue weighted by atomic mass is 9.82. The Morgan fingerprint density at radius 1 is 1.38 bits per heavy atom. The molecule has 0 saturated heterocycles. The molecular weight excluding hydrogens is 220 g/mol. The van der Waals surface area contributed by atoms with Crippen molar-refractivity contribution in [3.8, 4) is 0 Å². The smallest absolute Gasteiger partial charge is 0.208 e. The maximum absolute atomic E-state index is 4.86. The van der Waals surface area contributed by atoms with E-state index in [2.05, 4.69) is 34.1 Å². The summed E-state index contributed by atoms with van der Waals surface area (Å²) in [7, 11) is 0. The second-order valence-corrected chi connectivity index (χ2v) is 4.90. The topological polar surface area (TPSA) is 33.6 Å². The molecular formula is C12H14N2OS. The largest absolute Gasteiger partial charge is 0.297 e. The Hall–Kier alpha value is -1.16. The molecule has 1 heterocycles. The van der Waals surface area contributed by atoms with E-state index in [1.807, 2.05) is 0 Å². The minimum atomic E-state index is 0.698. The summed E-state index contributed by atoms with van der Waals surface area (Å²) >= 11 is 1.20.